The summed E-state index contributed by atoms with van der Waals surface area (Å²) < 4.78 is 6.86. The number of nitrogens with one attached hydrogen (secondary N) is 2. The molecule has 144 valence electrons. The number of hydrogen-bond acceptors (Lipinski definition) is 7. The van der Waals surface area contributed by atoms with Crippen LogP contribution in [-0.4, -0.2) is 41.8 Å². The predicted octanol–water partition coefficient (Wildman–Crippen LogP) is 2.91. The number of aliphatic hydroxyl groups excluding tert-OH is 1. The van der Waals surface area contributed by atoms with Crippen molar-refractivity contribution in [1.82, 2.24) is 29.5 Å². The zero-order valence-corrected chi connectivity index (χ0v) is 15.5. The molecule has 0 unspecified atom stereocenters. The van der Waals surface area contributed by atoms with Gasteiger partial charge in [-0.15, -0.1) is 5.10 Å². The average Bonchev–Trinajstić information content (AvgIpc) is 3.36. The molecule has 0 atom stereocenters. The minimum absolute atomic E-state index is 0.127. The first-order chi connectivity index (χ1) is 14.2. The molecule has 0 aliphatic rings. The number of H-pyrrole nitrogens is 1. The number of fused-ring (bicyclic) bond motifs is 2. The average molecular weight is 387 g/mol. The zero-order chi connectivity index (χ0) is 19.8. The Hall–Kier alpha value is -3.98. The van der Waals surface area contributed by atoms with Gasteiger partial charge in [0.05, 0.1) is 35.7 Å². The number of aromatic nitrogens is 6. The van der Waals surface area contributed by atoms with Crippen LogP contribution in [0.4, 0.5) is 11.6 Å². The maximum Gasteiger partial charge on any atom is 0.247 e. The third kappa shape index (κ3) is 3.13. The summed E-state index contributed by atoms with van der Waals surface area (Å²) in [5.74, 6) is 1.55. The topological polar surface area (TPSA) is 113 Å². The largest absolute Gasteiger partial charge is 0.481 e. The number of imidazole rings is 1. The maximum absolute atomic E-state index is 9.28. The highest BCUT2D eigenvalue weighted by Gasteiger charge is 2.11. The van der Waals surface area contributed by atoms with E-state index in [9.17, 15) is 5.11 Å². The lowest BCUT2D eigenvalue weighted by atomic mass is 10.1. The highest BCUT2D eigenvalue weighted by molar-refractivity contribution is 5.81. The number of aliphatic hydroxyl groups is 1. The number of nitrogens with zero attached hydrogens (tertiary/aromatic N) is 5. The van der Waals surface area contributed by atoms with Gasteiger partial charge in [0.15, 0.2) is 5.65 Å². The Bertz CT molecular complexity index is 1310. The van der Waals surface area contributed by atoms with E-state index in [0.717, 1.165) is 28.0 Å². The van der Waals surface area contributed by atoms with Crippen molar-refractivity contribution in [2.24, 2.45) is 0 Å². The summed E-state index contributed by atoms with van der Waals surface area (Å²) in [5.41, 5.74) is 4.98. The van der Waals surface area contributed by atoms with Crippen LogP contribution in [-0.2, 0) is 6.61 Å². The molecule has 5 rings (SSSR count). The van der Waals surface area contributed by atoms with Gasteiger partial charge < -0.3 is 20.1 Å². The second kappa shape index (κ2) is 6.88. The minimum Gasteiger partial charge on any atom is -0.481 e. The smallest absolute Gasteiger partial charge is 0.247 e. The van der Waals surface area contributed by atoms with Crippen LogP contribution in [0.3, 0.4) is 0 Å². The molecule has 0 fully saturated rings. The lowest BCUT2D eigenvalue weighted by Crippen LogP contribution is -1.96. The molecule has 0 aliphatic heterocycles. The van der Waals surface area contributed by atoms with Crippen molar-refractivity contribution in [1.29, 1.82) is 0 Å². The number of anilines is 2. The third-order valence-corrected chi connectivity index (χ3v) is 4.54. The third-order valence-electron chi connectivity index (χ3n) is 4.54. The summed E-state index contributed by atoms with van der Waals surface area (Å²) in [4.78, 5) is 16.2. The van der Waals surface area contributed by atoms with Crippen molar-refractivity contribution >= 4 is 28.3 Å². The van der Waals surface area contributed by atoms with Gasteiger partial charge >= 0.3 is 0 Å². The number of rotatable bonds is 5. The van der Waals surface area contributed by atoms with Gasteiger partial charge in [-0.05, 0) is 30.3 Å². The van der Waals surface area contributed by atoms with Gasteiger partial charge in [-0.3, -0.25) is 0 Å². The monoisotopic (exact) mass is 387 g/mol. The van der Waals surface area contributed by atoms with Gasteiger partial charge in [-0.1, -0.05) is 12.1 Å². The molecular weight excluding hydrogens is 370 g/mol. The molecular formula is C20H17N7O2. The van der Waals surface area contributed by atoms with Gasteiger partial charge in [0, 0.05) is 11.6 Å². The van der Waals surface area contributed by atoms with E-state index >= 15 is 0 Å². The molecule has 1 aromatic carbocycles. The van der Waals surface area contributed by atoms with Crippen LogP contribution in [0.1, 0.15) is 5.82 Å². The second-order valence-electron chi connectivity index (χ2n) is 6.40. The molecule has 3 N–H and O–H groups in total. The first kappa shape index (κ1) is 17.1. The Morgan fingerprint density at radius 3 is 2.86 bits per heavy atom. The molecule has 9 nitrogen and oxygen atoms in total. The first-order valence-corrected chi connectivity index (χ1v) is 8.96. The quantitative estimate of drug-likeness (QED) is 0.425. The summed E-state index contributed by atoms with van der Waals surface area (Å²) in [6, 6.07) is 15.3. The van der Waals surface area contributed by atoms with Crippen molar-refractivity contribution in [3.8, 4) is 17.1 Å². The summed E-state index contributed by atoms with van der Waals surface area (Å²) in [7, 11) is 1.58. The van der Waals surface area contributed by atoms with E-state index in [-0.39, 0.29) is 6.61 Å². The van der Waals surface area contributed by atoms with Crippen molar-refractivity contribution in [2.45, 2.75) is 6.61 Å². The Morgan fingerprint density at radius 1 is 1.14 bits per heavy atom. The number of hydrogen-bond donors (Lipinski definition) is 3. The molecule has 0 bridgehead atoms. The van der Waals surface area contributed by atoms with E-state index in [2.05, 4.69) is 30.4 Å². The van der Waals surface area contributed by atoms with Crippen LogP contribution in [0.15, 0.2) is 54.7 Å². The van der Waals surface area contributed by atoms with Crippen LogP contribution in [0.25, 0.3) is 27.9 Å². The Morgan fingerprint density at radius 2 is 2.07 bits per heavy atom. The van der Waals surface area contributed by atoms with Crippen molar-refractivity contribution in [2.75, 3.05) is 12.4 Å². The van der Waals surface area contributed by atoms with E-state index in [1.54, 1.807) is 23.9 Å². The lowest BCUT2D eigenvalue weighted by molar-refractivity contribution is 0.273. The van der Waals surface area contributed by atoms with Gasteiger partial charge in [0.1, 0.15) is 12.4 Å². The highest BCUT2D eigenvalue weighted by Crippen LogP contribution is 2.25. The second-order valence-corrected chi connectivity index (χ2v) is 6.40. The number of benzene rings is 1. The predicted molar refractivity (Wildman–Crippen MR) is 108 cm³/mol. The molecule has 9 heteroatoms. The van der Waals surface area contributed by atoms with E-state index in [0.29, 0.717) is 23.3 Å². The normalized spacial score (nSPS) is 11.2. The molecule has 0 saturated carbocycles. The van der Waals surface area contributed by atoms with Crippen LogP contribution in [0, 0.1) is 0 Å². The lowest BCUT2D eigenvalue weighted by Gasteiger charge is -2.04. The van der Waals surface area contributed by atoms with Crippen LogP contribution in [0.2, 0.25) is 0 Å². The fourth-order valence-electron chi connectivity index (χ4n) is 3.18. The summed E-state index contributed by atoms with van der Waals surface area (Å²) in [5, 5.41) is 17.0. The van der Waals surface area contributed by atoms with E-state index in [1.165, 1.54) is 0 Å². The number of pyridine rings is 2. The van der Waals surface area contributed by atoms with Gasteiger partial charge in [0.25, 0.3) is 0 Å². The molecule has 0 amide bonds. The standard InChI is InChI=1S/C20H17N7O2/c1-29-19-8-6-13(10-21-19)22-20-25-18-4-2-3-16(27(18)26-20)12-5-7-14-15(9-12)24-17(11-28)23-14/h2-10,28H,11H2,1H3,(H,22,26)(H,23,24). The van der Waals surface area contributed by atoms with Crippen LogP contribution in [0.5, 0.6) is 5.88 Å². The minimum atomic E-state index is -0.127. The molecule has 0 aliphatic carbocycles. The molecule has 0 saturated heterocycles. The number of aromatic amines is 1. The zero-order valence-electron chi connectivity index (χ0n) is 15.5. The van der Waals surface area contributed by atoms with Crippen molar-refractivity contribution in [3.05, 3.63) is 60.6 Å². The Kier molecular flexibility index (Phi) is 4.07. The molecule has 29 heavy (non-hydrogen) atoms. The van der Waals surface area contributed by atoms with Crippen LogP contribution >= 0.6 is 0 Å². The molecule has 4 aromatic heterocycles. The first-order valence-electron chi connectivity index (χ1n) is 8.96. The van der Waals surface area contributed by atoms with Gasteiger partial charge in [0.2, 0.25) is 11.8 Å². The molecule has 5 aromatic rings. The van der Waals surface area contributed by atoms with Gasteiger partial charge in [-0.25, -0.2) is 14.5 Å². The summed E-state index contributed by atoms with van der Waals surface area (Å²) in [6.07, 6.45) is 1.66. The molecule has 0 spiro atoms. The SMILES string of the molecule is COc1ccc(Nc2nc3cccc(-c4ccc5nc(CO)[nH]c5c4)n3n2)cn1. The Balaban J connectivity index is 1.53. The van der Waals surface area contributed by atoms with Crippen molar-refractivity contribution in [3.63, 3.8) is 0 Å². The van der Waals surface area contributed by atoms with Crippen LogP contribution < -0.4 is 10.1 Å². The number of ether oxygens (including phenoxy) is 1. The molecule has 0 radical (unpaired) electrons. The summed E-state index contributed by atoms with van der Waals surface area (Å²) >= 11 is 0. The fraction of sp³-hybridized carbons (Fsp3) is 0.100. The maximum atomic E-state index is 9.28. The van der Waals surface area contributed by atoms with E-state index in [1.807, 2.05) is 42.5 Å². The highest BCUT2D eigenvalue weighted by atomic mass is 16.5. The van der Waals surface area contributed by atoms with E-state index in [4.69, 9.17) is 4.74 Å². The fourth-order valence-corrected chi connectivity index (χ4v) is 3.18. The number of methoxy groups -OCH3 is 1. The Labute approximate surface area is 165 Å². The van der Waals surface area contributed by atoms with Crippen molar-refractivity contribution < 1.29 is 9.84 Å². The molecule has 4 heterocycles. The van der Waals surface area contributed by atoms with Gasteiger partial charge in [-0.2, -0.15) is 4.98 Å². The van der Waals surface area contributed by atoms with E-state index < -0.39 is 0 Å². The summed E-state index contributed by atoms with van der Waals surface area (Å²) in [6.45, 7) is -0.127.